The minimum absolute atomic E-state index is 0.115. The molecule has 0 saturated carbocycles. The number of nitrogens with two attached hydrogens (primary N) is 2. The van der Waals surface area contributed by atoms with Crippen LogP contribution in [-0.4, -0.2) is 25.6 Å². The van der Waals surface area contributed by atoms with E-state index in [-0.39, 0.29) is 11.3 Å². The fraction of sp³-hybridized carbons (Fsp3) is 0.250. The summed E-state index contributed by atoms with van der Waals surface area (Å²) in [4.78, 5) is 14.7. The number of carbonyl (C=O) groups is 1. The molecule has 0 aliphatic rings. The van der Waals surface area contributed by atoms with E-state index in [1.54, 1.807) is 0 Å². The third-order valence-corrected chi connectivity index (χ3v) is 3.02. The van der Waals surface area contributed by atoms with E-state index >= 15 is 0 Å². The molecule has 4 N–H and O–H groups in total. The molecule has 0 spiro atoms. The van der Waals surface area contributed by atoms with Crippen molar-refractivity contribution in [2.24, 2.45) is 11.5 Å². The molecule has 0 aliphatic carbocycles. The van der Waals surface area contributed by atoms with Crippen LogP contribution in [0.4, 0.5) is 0 Å². The average Bonchev–Trinajstić information content (AvgIpc) is 2.15. The zero-order valence-corrected chi connectivity index (χ0v) is 8.86. The second-order valence-electron chi connectivity index (χ2n) is 3.06. The highest BCUT2D eigenvalue weighted by atomic mass is 32.2. The standard InChI is InChI=1S/C8H11N3O3S/c1-15(13,14)8(10)5-3-2-4-11-6(5)7(9)12/h2-4,8H,10H2,1H3,(H2,9,12). The number of amides is 1. The first kappa shape index (κ1) is 11.6. The number of pyridine rings is 1. The maximum absolute atomic E-state index is 11.2. The van der Waals surface area contributed by atoms with Crippen LogP contribution in [0.25, 0.3) is 0 Å². The smallest absolute Gasteiger partial charge is 0.267 e. The van der Waals surface area contributed by atoms with E-state index in [1.165, 1.54) is 18.3 Å². The van der Waals surface area contributed by atoms with Crippen LogP contribution < -0.4 is 11.5 Å². The van der Waals surface area contributed by atoms with Gasteiger partial charge in [-0.15, -0.1) is 0 Å². The first-order chi connectivity index (χ1) is 6.84. The number of primary amides is 1. The minimum atomic E-state index is -3.48. The Bertz CT molecular complexity index is 484. The SMILES string of the molecule is CS(=O)(=O)C(N)c1cccnc1C(N)=O. The van der Waals surface area contributed by atoms with Crippen molar-refractivity contribution in [3.63, 3.8) is 0 Å². The average molecular weight is 229 g/mol. The van der Waals surface area contributed by atoms with Crippen LogP contribution in [0.1, 0.15) is 21.4 Å². The number of sulfone groups is 1. The second kappa shape index (κ2) is 3.95. The molecule has 1 atom stereocenters. The third-order valence-electron chi connectivity index (χ3n) is 1.84. The lowest BCUT2D eigenvalue weighted by atomic mass is 10.2. The molecule has 15 heavy (non-hydrogen) atoms. The van der Waals surface area contributed by atoms with Crippen molar-refractivity contribution in [2.75, 3.05) is 6.26 Å². The van der Waals surface area contributed by atoms with E-state index in [9.17, 15) is 13.2 Å². The number of hydrogen-bond donors (Lipinski definition) is 2. The van der Waals surface area contributed by atoms with E-state index in [0.717, 1.165) is 6.26 Å². The first-order valence-electron chi connectivity index (χ1n) is 4.03. The molecule has 1 heterocycles. The quantitative estimate of drug-likeness (QED) is 0.702. The first-order valence-corrected chi connectivity index (χ1v) is 5.98. The molecule has 82 valence electrons. The molecule has 0 bridgehead atoms. The molecule has 1 unspecified atom stereocenters. The van der Waals surface area contributed by atoms with Crippen LogP contribution in [-0.2, 0) is 9.84 Å². The Morgan fingerprint density at radius 2 is 2.13 bits per heavy atom. The van der Waals surface area contributed by atoms with Gasteiger partial charge in [0, 0.05) is 18.0 Å². The highest BCUT2D eigenvalue weighted by molar-refractivity contribution is 7.90. The Morgan fingerprint density at radius 1 is 1.53 bits per heavy atom. The van der Waals surface area contributed by atoms with Crippen molar-refractivity contribution in [1.29, 1.82) is 0 Å². The van der Waals surface area contributed by atoms with E-state index in [2.05, 4.69) is 4.98 Å². The van der Waals surface area contributed by atoms with Gasteiger partial charge in [0.25, 0.3) is 5.91 Å². The van der Waals surface area contributed by atoms with Crippen molar-refractivity contribution in [3.8, 4) is 0 Å². The van der Waals surface area contributed by atoms with Crippen molar-refractivity contribution in [3.05, 3.63) is 29.6 Å². The topological polar surface area (TPSA) is 116 Å². The van der Waals surface area contributed by atoms with Gasteiger partial charge in [-0.05, 0) is 6.07 Å². The molecule has 7 heteroatoms. The van der Waals surface area contributed by atoms with Crippen LogP contribution >= 0.6 is 0 Å². The number of rotatable bonds is 3. The molecular weight excluding hydrogens is 218 g/mol. The Morgan fingerprint density at radius 3 is 2.60 bits per heavy atom. The van der Waals surface area contributed by atoms with E-state index < -0.39 is 21.1 Å². The van der Waals surface area contributed by atoms with Gasteiger partial charge in [-0.1, -0.05) is 6.07 Å². The molecule has 0 aromatic carbocycles. The molecule has 1 aromatic heterocycles. The summed E-state index contributed by atoms with van der Waals surface area (Å²) in [6, 6.07) is 2.91. The zero-order chi connectivity index (χ0) is 11.6. The summed E-state index contributed by atoms with van der Waals surface area (Å²) in [6.07, 6.45) is 2.33. The molecule has 0 radical (unpaired) electrons. The second-order valence-corrected chi connectivity index (χ2v) is 5.22. The van der Waals surface area contributed by atoms with Crippen LogP contribution in [0.15, 0.2) is 18.3 Å². The van der Waals surface area contributed by atoms with Crippen molar-refractivity contribution >= 4 is 15.7 Å². The van der Waals surface area contributed by atoms with Crippen molar-refractivity contribution in [1.82, 2.24) is 4.98 Å². The summed E-state index contributed by atoms with van der Waals surface area (Å²) in [7, 11) is -3.48. The van der Waals surface area contributed by atoms with Gasteiger partial charge in [-0.3, -0.25) is 9.78 Å². The van der Waals surface area contributed by atoms with Crippen LogP contribution in [0.2, 0.25) is 0 Å². The molecule has 0 aliphatic heterocycles. The molecule has 1 amide bonds. The highest BCUT2D eigenvalue weighted by Gasteiger charge is 2.23. The van der Waals surface area contributed by atoms with E-state index in [0.29, 0.717) is 0 Å². The van der Waals surface area contributed by atoms with Gasteiger partial charge < -0.3 is 11.5 Å². The van der Waals surface area contributed by atoms with E-state index in [4.69, 9.17) is 11.5 Å². The highest BCUT2D eigenvalue weighted by Crippen LogP contribution is 2.18. The lowest BCUT2D eigenvalue weighted by molar-refractivity contribution is 0.0994. The monoisotopic (exact) mass is 229 g/mol. The summed E-state index contributed by atoms with van der Waals surface area (Å²) in [5, 5.41) is -1.28. The third kappa shape index (κ3) is 2.51. The summed E-state index contributed by atoms with van der Waals surface area (Å²) < 4.78 is 22.4. The molecule has 0 fully saturated rings. The van der Waals surface area contributed by atoms with Gasteiger partial charge in [0.1, 0.15) is 11.1 Å². The number of nitrogens with zero attached hydrogens (tertiary/aromatic N) is 1. The molecule has 6 nitrogen and oxygen atoms in total. The molecule has 1 rings (SSSR count). The Kier molecular flexibility index (Phi) is 3.06. The summed E-state index contributed by atoms with van der Waals surface area (Å²) >= 11 is 0. The number of carbonyl (C=O) groups excluding carboxylic acids is 1. The van der Waals surface area contributed by atoms with Gasteiger partial charge in [0.05, 0.1) is 0 Å². The number of hydrogen-bond acceptors (Lipinski definition) is 5. The lowest BCUT2D eigenvalue weighted by Crippen LogP contribution is -2.25. The van der Waals surface area contributed by atoms with Gasteiger partial charge in [-0.25, -0.2) is 8.42 Å². The minimum Gasteiger partial charge on any atom is -0.364 e. The van der Waals surface area contributed by atoms with Gasteiger partial charge in [-0.2, -0.15) is 0 Å². The Balaban J connectivity index is 3.32. The van der Waals surface area contributed by atoms with Crippen molar-refractivity contribution < 1.29 is 13.2 Å². The Labute approximate surface area is 87.2 Å². The predicted octanol–water partition coefficient (Wildman–Crippen LogP) is -0.818. The zero-order valence-electron chi connectivity index (χ0n) is 8.04. The summed E-state index contributed by atoms with van der Waals surface area (Å²) in [6.45, 7) is 0. The van der Waals surface area contributed by atoms with Crippen LogP contribution in [0, 0.1) is 0 Å². The fourth-order valence-corrected chi connectivity index (χ4v) is 1.74. The largest absolute Gasteiger partial charge is 0.364 e. The van der Waals surface area contributed by atoms with Crippen LogP contribution in [0.3, 0.4) is 0 Å². The van der Waals surface area contributed by atoms with Gasteiger partial charge in [0.15, 0.2) is 9.84 Å². The number of aromatic nitrogens is 1. The van der Waals surface area contributed by atoms with Crippen LogP contribution in [0.5, 0.6) is 0 Å². The fourth-order valence-electron chi connectivity index (χ4n) is 1.08. The Hall–Kier alpha value is -1.47. The molecule has 1 aromatic rings. The van der Waals surface area contributed by atoms with Crippen molar-refractivity contribution in [2.45, 2.75) is 5.37 Å². The predicted molar refractivity (Wildman–Crippen MR) is 54.5 cm³/mol. The molecule has 0 saturated heterocycles. The van der Waals surface area contributed by atoms with Gasteiger partial charge in [0.2, 0.25) is 0 Å². The van der Waals surface area contributed by atoms with Gasteiger partial charge >= 0.3 is 0 Å². The maximum Gasteiger partial charge on any atom is 0.267 e. The normalized spacial score (nSPS) is 13.5. The lowest BCUT2D eigenvalue weighted by Gasteiger charge is -2.11. The summed E-state index contributed by atoms with van der Waals surface area (Å²) in [5.41, 5.74) is 10.5. The van der Waals surface area contributed by atoms with E-state index in [1.807, 2.05) is 0 Å². The summed E-state index contributed by atoms with van der Waals surface area (Å²) in [5.74, 6) is -0.801. The molecular formula is C8H11N3O3S. The maximum atomic E-state index is 11.2.